The lowest BCUT2D eigenvalue weighted by molar-refractivity contribution is 0.0994. The van der Waals surface area contributed by atoms with Gasteiger partial charge in [0.05, 0.1) is 5.25 Å². The lowest BCUT2D eigenvalue weighted by atomic mass is 10.0. The van der Waals surface area contributed by atoms with Gasteiger partial charge in [0.2, 0.25) is 5.13 Å². The molecule has 3 rings (SSSR count). The van der Waals surface area contributed by atoms with Crippen LogP contribution in [0.1, 0.15) is 41.8 Å². The van der Waals surface area contributed by atoms with Gasteiger partial charge < -0.3 is 5.32 Å². The van der Waals surface area contributed by atoms with Gasteiger partial charge in [0.25, 0.3) is 0 Å². The van der Waals surface area contributed by atoms with Crippen LogP contribution in [0, 0.1) is 0 Å². The van der Waals surface area contributed by atoms with E-state index in [1.54, 1.807) is 0 Å². The molecule has 1 aromatic heterocycles. The highest BCUT2D eigenvalue weighted by molar-refractivity contribution is 8.02. The summed E-state index contributed by atoms with van der Waals surface area (Å²) in [4.78, 5) is 12.6. The zero-order valence-corrected chi connectivity index (χ0v) is 14.4. The van der Waals surface area contributed by atoms with Crippen LogP contribution in [0.25, 0.3) is 0 Å². The molecule has 4 nitrogen and oxygen atoms in total. The third-order valence-electron chi connectivity index (χ3n) is 3.76. The Bertz CT molecular complexity index is 684. The molecule has 1 aromatic carbocycles. The Morgan fingerprint density at radius 1 is 1.36 bits per heavy atom. The minimum absolute atomic E-state index is 0.151. The predicted octanol–water partition coefficient (Wildman–Crippen LogP) is 3.82. The van der Waals surface area contributed by atoms with E-state index < -0.39 is 0 Å². The van der Waals surface area contributed by atoms with Crippen molar-refractivity contribution in [3.05, 3.63) is 34.9 Å². The number of Topliss-reactive ketones (excluding diaryl/α,β-unsaturated/α-hetero) is 1. The van der Waals surface area contributed by atoms with Crippen LogP contribution < -0.4 is 5.32 Å². The molecule has 0 fully saturated rings. The van der Waals surface area contributed by atoms with Crippen molar-refractivity contribution < 1.29 is 4.79 Å². The van der Waals surface area contributed by atoms with Gasteiger partial charge in [-0.2, -0.15) is 0 Å². The van der Waals surface area contributed by atoms with E-state index in [0.29, 0.717) is 0 Å². The molecule has 0 amide bonds. The van der Waals surface area contributed by atoms with E-state index in [2.05, 4.69) is 27.6 Å². The monoisotopic (exact) mass is 333 g/mol. The molecule has 1 aliphatic carbocycles. The number of anilines is 1. The van der Waals surface area contributed by atoms with E-state index in [4.69, 9.17) is 0 Å². The molecule has 22 heavy (non-hydrogen) atoms. The largest absolute Gasteiger partial charge is 0.360 e. The molecule has 1 heterocycles. The molecular weight excluding hydrogens is 314 g/mol. The standard InChI is InChI=1S/C16H19N3OS2/c1-3-17-15-18-19-16(22-15)21-10(2)14(20)13-8-7-11-5-4-6-12(11)9-13/h7-10H,3-6H2,1-2H3,(H,17,18)/t10-/m0/s1. The van der Waals surface area contributed by atoms with Crippen molar-refractivity contribution >= 4 is 34.0 Å². The summed E-state index contributed by atoms with van der Waals surface area (Å²) in [7, 11) is 0. The number of aryl methyl sites for hydroxylation is 2. The molecule has 0 radical (unpaired) electrons. The maximum Gasteiger partial charge on any atom is 0.206 e. The second-order valence-electron chi connectivity index (χ2n) is 5.36. The number of carbonyl (C=O) groups is 1. The van der Waals surface area contributed by atoms with Gasteiger partial charge >= 0.3 is 0 Å². The lowest BCUT2D eigenvalue weighted by Crippen LogP contribution is -2.13. The zero-order chi connectivity index (χ0) is 15.5. The number of aromatic nitrogens is 2. The van der Waals surface area contributed by atoms with Gasteiger partial charge in [-0.1, -0.05) is 35.2 Å². The molecule has 0 saturated heterocycles. The summed E-state index contributed by atoms with van der Waals surface area (Å²) < 4.78 is 0.831. The fourth-order valence-electron chi connectivity index (χ4n) is 2.64. The second-order valence-corrected chi connectivity index (χ2v) is 7.93. The Labute approximate surface area is 138 Å². The maximum absolute atomic E-state index is 12.6. The second kappa shape index (κ2) is 6.79. The first-order valence-electron chi connectivity index (χ1n) is 7.57. The SMILES string of the molecule is CCNc1nnc(S[C@@H](C)C(=O)c2ccc3c(c2)CCC3)s1. The molecule has 0 aliphatic heterocycles. The molecule has 0 saturated carbocycles. The van der Waals surface area contributed by atoms with Crippen molar-refractivity contribution in [3.63, 3.8) is 0 Å². The fraction of sp³-hybridized carbons (Fsp3) is 0.438. The lowest BCUT2D eigenvalue weighted by Gasteiger charge is -2.09. The van der Waals surface area contributed by atoms with Gasteiger partial charge in [-0.15, -0.1) is 10.2 Å². The van der Waals surface area contributed by atoms with Gasteiger partial charge in [0.15, 0.2) is 10.1 Å². The Hall–Kier alpha value is -1.40. The number of fused-ring (bicyclic) bond motifs is 1. The maximum atomic E-state index is 12.6. The zero-order valence-electron chi connectivity index (χ0n) is 12.8. The molecule has 116 valence electrons. The van der Waals surface area contributed by atoms with E-state index >= 15 is 0 Å². The Balaban J connectivity index is 1.68. The molecule has 0 spiro atoms. The topological polar surface area (TPSA) is 54.9 Å². The summed E-state index contributed by atoms with van der Waals surface area (Å²) in [5, 5.41) is 12.0. The summed E-state index contributed by atoms with van der Waals surface area (Å²) >= 11 is 2.98. The average molecular weight is 333 g/mol. The van der Waals surface area contributed by atoms with Crippen molar-refractivity contribution in [2.45, 2.75) is 42.7 Å². The van der Waals surface area contributed by atoms with Gasteiger partial charge in [-0.05, 0) is 50.3 Å². The van der Waals surface area contributed by atoms with Crippen molar-refractivity contribution in [3.8, 4) is 0 Å². The normalized spacial score (nSPS) is 14.6. The molecular formula is C16H19N3OS2. The first kappa shape index (κ1) is 15.5. The minimum atomic E-state index is -0.151. The van der Waals surface area contributed by atoms with Crippen LogP contribution >= 0.6 is 23.1 Å². The first-order chi connectivity index (χ1) is 10.7. The number of nitrogens with zero attached hydrogens (tertiary/aromatic N) is 2. The van der Waals surface area contributed by atoms with Crippen LogP contribution in [0.4, 0.5) is 5.13 Å². The number of nitrogens with one attached hydrogen (secondary N) is 1. The van der Waals surface area contributed by atoms with Crippen LogP contribution in [0.5, 0.6) is 0 Å². The summed E-state index contributed by atoms with van der Waals surface area (Å²) in [5.41, 5.74) is 3.56. The smallest absolute Gasteiger partial charge is 0.206 e. The summed E-state index contributed by atoms with van der Waals surface area (Å²) in [5.74, 6) is 0.167. The molecule has 1 atom stereocenters. The van der Waals surface area contributed by atoms with Crippen LogP contribution in [-0.4, -0.2) is 27.8 Å². The Kier molecular flexibility index (Phi) is 4.78. The number of rotatable bonds is 6. The number of thioether (sulfide) groups is 1. The number of benzene rings is 1. The van der Waals surface area contributed by atoms with Crippen molar-refractivity contribution in [2.75, 3.05) is 11.9 Å². The van der Waals surface area contributed by atoms with E-state index in [1.165, 1.54) is 40.6 Å². The van der Waals surface area contributed by atoms with E-state index in [1.807, 2.05) is 19.9 Å². The molecule has 6 heteroatoms. The summed E-state index contributed by atoms with van der Waals surface area (Å²) in [6.07, 6.45) is 3.45. The summed E-state index contributed by atoms with van der Waals surface area (Å²) in [6.45, 7) is 4.78. The Morgan fingerprint density at radius 3 is 3.00 bits per heavy atom. The third-order valence-corrected chi connectivity index (χ3v) is 5.83. The highest BCUT2D eigenvalue weighted by atomic mass is 32.2. The molecule has 0 unspecified atom stereocenters. The average Bonchev–Trinajstić information content (AvgIpc) is 3.15. The minimum Gasteiger partial charge on any atom is -0.360 e. The third kappa shape index (κ3) is 3.33. The highest BCUT2D eigenvalue weighted by Gasteiger charge is 2.20. The van der Waals surface area contributed by atoms with Gasteiger partial charge in [-0.3, -0.25) is 4.79 Å². The number of hydrogen-bond acceptors (Lipinski definition) is 6. The summed E-state index contributed by atoms with van der Waals surface area (Å²) in [6, 6.07) is 6.15. The van der Waals surface area contributed by atoms with Crippen LogP contribution in [-0.2, 0) is 12.8 Å². The van der Waals surface area contributed by atoms with Gasteiger partial charge in [-0.25, -0.2) is 0 Å². The van der Waals surface area contributed by atoms with Crippen molar-refractivity contribution in [1.82, 2.24) is 10.2 Å². The number of ketones is 1. The van der Waals surface area contributed by atoms with E-state index in [0.717, 1.165) is 34.4 Å². The van der Waals surface area contributed by atoms with Crippen LogP contribution in [0.3, 0.4) is 0 Å². The molecule has 0 bridgehead atoms. The molecule has 2 aromatic rings. The first-order valence-corrected chi connectivity index (χ1v) is 9.27. The molecule has 1 N–H and O–H groups in total. The van der Waals surface area contributed by atoms with Crippen LogP contribution in [0.2, 0.25) is 0 Å². The quantitative estimate of drug-likeness (QED) is 0.643. The van der Waals surface area contributed by atoms with Crippen LogP contribution in [0.15, 0.2) is 22.5 Å². The van der Waals surface area contributed by atoms with Crippen molar-refractivity contribution in [2.24, 2.45) is 0 Å². The number of carbonyl (C=O) groups excluding carboxylic acids is 1. The Morgan fingerprint density at radius 2 is 2.18 bits per heavy atom. The molecule has 1 aliphatic rings. The van der Waals surface area contributed by atoms with Gasteiger partial charge in [0.1, 0.15) is 0 Å². The fourth-order valence-corrected chi connectivity index (χ4v) is 4.69. The highest BCUT2D eigenvalue weighted by Crippen LogP contribution is 2.31. The van der Waals surface area contributed by atoms with E-state index in [9.17, 15) is 4.79 Å². The number of hydrogen-bond donors (Lipinski definition) is 1. The predicted molar refractivity (Wildman–Crippen MR) is 92.2 cm³/mol. The van der Waals surface area contributed by atoms with Gasteiger partial charge in [0, 0.05) is 12.1 Å². The van der Waals surface area contributed by atoms with Crippen molar-refractivity contribution in [1.29, 1.82) is 0 Å². The van der Waals surface area contributed by atoms with E-state index in [-0.39, 0.29) is 11.0 Å².